The third-order valence-corrected chi connectivity index (χ3v) is 4.53. The molecule has 2 unspecified atom stereocenters. The van der Waals surface area contributed by atoms with Crippen LogP contribution >= 0.6 is 0 Å². The number of rotatable bonds is 3. The molecule has 0 bridgehead atoms. The molecule has 1 aliphatic heterocycles. The number of carboxylic acids is 1. The summed E-state index contributed by atoms with van der Waals surface area (Å²) < 4.78 is 0. The van der Waals surface area contributed by atoms with Crippen molar-refractivity contribution in [2.45, 2.75) is 40.0 Å². The van der Waals surface area contributed by atoms with Crippen molar-refractivity contribution >= 4 is 11.9 Å². The number of piperidine rings is 1. The maximum absolute atomic E-state index is 12.9. The molecule has 0 saturated carbocycles. The van der Waals surface area contributed by atoms with Crippen molar-refractivity contribution < 1.29 is 14.7 Å². The van der Waals surface area contributed by atoms with Gasteiger partial charge in [0.2, 0.25) is 0 Å². The molecule has 1 heterocycles. The van der Waals surface area contributed by atoms with Crippen LogP contribution in [0.2, 0.25) is 0 Å². The van der Waals surface area contributed by atoms with E-state index in [0.717, 1.165) is 11.1 Å². The first-order valence-corrected chi connectivity index (χ1v) is 8.82. The van der Waals surface area contributed by atoms with Gasteiger partial charge >= 0.3 is 5.97 Å². The van der Waals surface area contributed by atoms with Gasteiger partial charge in [-0.25, -0.2) is 0 Å². The van der Waals surface area contributed by atoms with Crippen LogP contribution in [0.15, 0.2) is 35.9 Å². The molecule has 1 amide bonds. The molecule has 1 aliphatic rings. The first kappa shape index (κ1) is 19.7. The molecule has 1 N–H and O–H groups in total. The number of amides is 1. The Bertz CT molecular complexity index is 768. The lowest BCUT2D eigenvalue weighted by atomic mass is 9.83. The summed E-state index contributed by atoms with van der Waals surface area (Å²) >= 11 is 0. The highest BCUT2D eigenvalue weighted by molar-refractivity contribution is 5.97. The lowest BCUT2D eigenvalue weighted by Crippen LogP contribution is -2.46. The number of likely N-dealkylation sites (tertiary alicyclic amines) is 1. The molecule has 1 aromatic carbocycles. The van der Waals surface area contributed by atoms with Crippen LogP contribution in [0, 0.1) is 29.6 Å². The zero-order valence-corrected chi connectivity index (χ0v) is 15.8. The molecule has 26 heavy (non-hydrogen) atoms. The summed E-state index contributed by atoms with van der Waals surface area (Å²) in [6.07, 6.45) is 2.15. The predicted molar refractivity (Wildman–Crippen MR) is 99.4 cm³/mol. The van der Waals surface area contributed by atoms with Crippen LogP contribution in [-0.4, -0.2) is 35.0 Å². The maximum Gasteiger partial charge on any atom is 0.308 e. The van der Waals surface area contributed by atoms with E-state index in [9.17, 15) is 20.0 Å². The number of aryl methyl sites for hydroxylation is 1. The predicted octanol–water partition coefficient (Wildman–Crippen LogP) is 3.51. The van der Waals surface area contributed by atoms with E-state index in [4.69, 9.17) is 0 Å². The number of nitrogens with zero attached hydrogens (tertiary/aromatic N) is 2. The van der Waals surface area contributed by atoms with Crippen molar-refractivity contribution in [3.05, 3.63) is 47.0 Å². The average molecular weight is 354 g/mol. The Morgan fingerprint density at radius 2 is 2.00 bits per heavy atom. The number of hydrogen-bond donors (Lipinski definition) is 1. The van der Waals surface area contributed by atoms with Gasteiger partial charge in [-0.3, -0.25) is 9.59 Å². The fourth-order valence-electron chi connectivity index (χ4n) is 3.35. The quantitative estimate of drug-likeness (QED) is 0.665. The number of carbonyl (C=O) groups excluding carboxylic acids is 1. The summed E-state index contributed by atoms with van der Waals surface area (Å²) in [5.41, 5.74) is 1.90. The van der Waals surface area contributed by atoms with Crippen LogP contribution in [0.25, 0.3) is 0 Å². The summed E-state index contributed by atoms with van der Waals surface area (Å²) in [5.74, 6) is -1.97. The van der Waals surface area contributed by atoms with Gasteiger partial charge in [-0.05, 0) is 24.3 Å². The van der Waals surface area contributed by atoms with Crippen LogP contribution in [-0.2, 0) is 9.59 Å². The monoisotopic (exact) mass is 354 g/mol. The molecule has 0 spiro atoms. The average Bonchev–Trinajstić information content (AvgIpc) is 2.57. The highest BCUT2D eigenvalue weighted by atomic mass is 16.4. The Morgan fingerprint density at radius 1 is 1.31 bits per heavy atom. The Kier molecular flexibility index (Phi) is 5.86. The zero-order chi connectivity index (χ0) is 19.5. The minimum Gasteiger partial charge on any atom is -0.481 e. The second-order valence-corrected chi connectivity index (χ2v) is 8.13. The van der Waals surface area contributed by atoms with Gasteiger partial charge in [0, 0.05) is 19.0 Å². The lowest BCUT2D eigenvalue weighted by Gasteiger charge is -2.36. The standard InChI is InChI=1S/C21H26N2O3/c1-14-6-5-7-15(8-14)16-9-17(20(25)26)13-23(12-16)19(24)18(11-22)10-21(2,3)4/h5-8,10,16-17H,9,12-13H2,1-4H3,(H,25,26)/b18-10+. The van der Waals surface area contributed by atoms with Crippen molar-refractivity contribution in [2.75, 3.05) is 13.1 Å². The van der Waals surface area contributed by atoms with Crippen LogP contribution < -0.4 is 0 Å². The second kappa shape index (κ2) is 7.74. The van der Waals surface area contributed by atoms with Gasteiger partial charge in [0.15, 0.2) is 0 Å². The minimum absolute atomic E-state index is 0.0525. The molecular formula is C21H26N2O3. The van der Waals surface area contributed by atoms with Gasteiger partial charge in [0.25, 0.3) is 5.91 Å². The van der Waals surface area contributed by atoms with Gasteiger partial charge in [-0.2, -0.15) is 5.26 Å². The summed E-state index contributed by atoms with van der Waals surface area (Å²) in [6, 6.07) is 9.93. The molecular weight excluding hydrogens is 328 g/mol. The number of benzene rings is 1. The fourth-order valence-corrected chi connectivity index (χ4v) is 3.35. The number of carboxylic acid groups (broad SMARTS) is 1. The number of allylic oxidation sites excluding steroid dienone is 1. The van der Waals surface area contributed by atoms with Crippen LogP contribution in [0.5, 0.6) is 0 Å². The van der Waals surface area contributed by atoms with Gasteiger partial charge in [-0.15, -0.1) is 0 Å². The van der Waals surface area contributed by atoms with E-state index in [1.807, 2.05) is 58.0 Å². The van der Waals surface area contributed by atoms with E-state index in [0.29, 0.717) is 13.0 Å². The molecule has 5 nitrogen and oxygen atoms in total. The van der Waals surface area contributed by atoms with Crippen molar-refractivity contribution in [2.24, 2.45) is 11.3 Å². The fraction of sp³-hybridized carbons (Fsp3) is 0.476. The molecule has 0 aromatic heterocycles. The third kappa shape index (κ3) is 4.95. The molecule has 138 valence electrons. The Balaban J connectivity index is 2.32. The Morgan fingerprint density at radius 3 is 2.54 bits per heavy atom. The molecule has 0 radical (unpaired) electrons. The molecule has 1 saturated heterocycles. The molecule has 1 fully saturated rings. The normalized spacial score (nSPS) is 21.2. The SMILES string of the molecule is Cc1cccc(C2CC(C(=O)O)CN(C(=O)/C(C#N)=C/C(C)(C)C)C2)c1. The summed E-state index contributed by atoms with van der Waals surface area (Å²) in [6.45, 7) is 8.31. The van der Waals surface area contributed by atoms with Crippen molar-refractivity contribution in [3.8, 4) is 6.07 Å². The number of nitriles is 1. The summed E-state index contributed by atoms with van der Waals surface area (Å²) in [7, 11) is 0. The number of hydrogen-bond acceptors (Lipinski definition) is 3. The van der Waals surface area contributed by atoms with Crippen molar-refractivity contribution in [1.82, 2.24) is 4.90 Å². The first-order chi connectivity index (χ1) is 12.1. The Labute approximate surface area is 154 Å². The largest absolute Gasteiger partial charge is 0.481 e. The minimum atomic E-state index is -0.904. The summed E-state index contributed by atoms with van der Waals surface area (Å²) in [4.78, 5) is 26.0. The van der Waals surface area contributed by atoms with Crippen molar-refractivity contribution in [1.29, 1.82) is 5.26 Å². The van der Waals surface area contributed by atoms with Gasteiger partial charge in [0.05, 0.1) is 5.92 Å². The van der Waals surface area contributed by atoms with E-state index in [2.05, 4.69) is 0 Å². The van der Waals surface area contributed by atoms with Crippen molar-refractivity contribution in [3.63, 3.8) is 0 Å². The number of aliphatic carboxylic acids is 1. The van der Waals surface area contributed by atoms with Crippen LogP contribution in [0.4, 0.5) is 0 Å². The van der Waals surface area contributed by atoms with Gasteiger partial charge in [-0.1, -0.05) is 56.7 Å². The Hall–Kier alpha value is -2.61. The maximum atomic E-state index is 12.9. The summed E-state index contributed by atoms with van der Waals surface area (Å²) in [5, 5.41) is 18.9. The molecule has 0 aliphatic carbocycles. The lowest BCUT2D eigenvalue weighted by molar-refractivity contribution is -0.145. The van der Waals surface area contributed by atoms with Crippen LogP contribution in [0.3, 0.4) is 0 Å². The second-order valence-electron chi connectivity index (χ2n) is 8.13. The van der Waals surface area contributed by atoms with E-state index in [1.165, 1.54) is 4.90 Å². The van der Waals surface area contributed by atoms with E-state index >= 15 is 0 Å². The third-order valence-electron chi connectivity index (χ3n) is 4.53. The molecule has 1 aromatic rings. The highest BCUT2D eigenvalue weighted by Crippen LogP contribution is 2.32. The van der Waals surface area contributed by atoms with Gasteiger partial charge in [0.1, 0.15) is 11.6 Å². The van der Waals surface area contributed by atoms with E-state index in [1.54, 1.807) is 6.08 Å². The first-order valence-electron chi connectivity index (χ1n) is 8.82. The van der Waals surface area contributed by atoms with E-state index in [-0.39, 0.29) is 29.4 Å². The van der Waals surface area contributed by atoms with Gasteiger partial charge < -0.3 is 10.0 Å². The highest BCUT2D eigenvalue weighted by Gasteiger charge is 2.35. The number of carbonyl (C=O) groups is 2. The molecule has 2 rings (SSSR count). The van der Waals surface area contributed by atoms with Crippen LogP contribution in [0.1, 0.15) is 44.2 Å². The smallest absolute Gasteiger partial charge is 0.308 e. The topological polar surface area (TPSA) is 81.4 Å². The zero-order valence-electron chi connectivity index (χ0n) is 15.8. The molecule has 5 heteroatoms. The van der Waals surface area contributed by atoms with E-state index < -0.39 is 11.9 Å². The molecule has 2 atom stereocenters.